The number of carbonyl (C=O) groups excluding carboxylic acids is 2. The van der Waals surface area contributed by atoms with Gasteiger partial charge in [0.1, 0.15) is 5.00 Å². The van der Waals surface area contributed by atoms with Crippen LogP contribution in [0.2, 0.25) is 0 Å². The summed E-state index contributed by atoms with van der Waals surface area (Å²) in [5.41, 5.74) is 7.92. The van der Waals surface area contributed by atoms with Gasteiger partial charge in [0.2, 0.25) is 0 Å². The third-order valence-electron chi connectivity index (χ3n) is 4.26. The number of thiophene rings is 1. The van der Waals surface area contributed by atoms with E-state index in [9.17, 15) is 9.59 Å². The summed E-state index contributed by atoms with van der Waals surface area (Å²) in [4.78, 5) is 25.5. The molecular weight excluding hydrogens is 322 g/mol. The van der Waals surface area contributed by atoms with Gasteiger partial charge in [-0.25, -0.2) is 0 Å². The van der Waals surface area contributed by atoms with Crippen molar-refractivity contribution in [1.29, 1.82) is 5.26 Å². The second-order valence-corrected chi connectivity index (χ2v) is 7.17. The van der Waals surface area contributed by atoms with Crippen LogP contribution in [-0.4, -0.2) is 11.8 Å². The summed E-state index contributed by atoms with van der Waals surface area (Å²) in [6.45, 7) is 2.15. The van der Waals surface area contributed by atoms with E-state index in [2.05, 4.69) is 12.2 Å². The Kier molecular flexibility index (Phi) is 4.36. The second-order valence-electron chi connectivity index (χ2n) is 6.06. The number of nitriles is 1. The van der Waals surface area contributed by atoms with Gasteiger partial charge in [-0.3, -0.25) is 9.59 Å². The van der Waals surface area contributed by atoms with Gasteiger partial charge in [-0.2, -0.15) is 5.26 Å². The Morgan fingerprint density at radius 3 is 2.67 bits per heavy atom. The van der Waals surface area contributed by atoms with Gasteiger partial charge in [0.25, 0.3) is 11.8 Å². The Hall–Kier alpha value is -2.65. The van der Waals surface area contributed by atoms with Crippen LogP contribution in [0.25, 0.3) is 0 Å². The van der Waals surface area contributed by atoms with Crippen LogP contribution in [0.4, 0.5) is 5.00 Å². The zero-order chi connectivity index (χ0) is 17.3. The summed E-state index contributed by atoms with van der Waals surface area (Å²) < 4.78 is 0. The number of nitrogens with one attached hydrogen (secondary N) is 1. The number of hydrogen-bond acceptors (Lipinski definition) is 4. The smallest absolute Gasteiger partial charge is 0.256 e. The SMILES string of the molecule is CC1CCc2sc(NC(=O)c3ccc(C#N)cc3)c(C(N)=O)c2C1. The molecule has 0 bridgehead atoms. The van der Waals surface area contributed by atoms with Gasteiger partial charge < -0.3 is 11.1 Å². The van der Waals surface area contributed by atoms with Crippen molar-refractivity contribution in [3.05, 3.63) is 51.4 Å². The van der Waals surface area contributed by atoms with Crippen LogP contribution >= 0.6 is 11.3 Å². The van der Waals surface area contributed by atoms with Gasteiger partial charge >= 0.3 is 0 Å². The molecule has 3 N–H and O–H groups in total. The molecule has 1 aliphatic carbocycles. The lowest BCUT2D eigenvalue weighted by Gasteiger charge is -2.18. The summed E-state index contributed by atoms with van der Waals surface area (Å²) in [5.74, 6) is -0.308. The summed E-state index contributed by atoms with van der Waals surface area (Å²) in [6, 6.07) is 8.37. The third-order valence-corrected chi connectivity index (χ3v) is 5.46. The lowest BCUT2D eigenvalue weighted by molar-refractivity contribution is 0.1000. The van der Waals surface area contributed by atoms with E-state index in [-0.39, 0.29) is 5.91 Å². The number of nitrogens with two attached hydrogens (primary N) is 1. The van der Waals surface area contributed by atoms with Crippen LogP contribution < -0.4 is 11.1 Å². The minimum absolute atomic E-state index is 0.311. The predicted molar refractivity (Wildman–Crippen MR) is 93.1 cm³/mol. The molecule has 1 aliphatic rings. The fraction of sp³-hybridized carbons (Fsp3) is 0.278. The van der Waals surface area contributed by atoms with Crippen molar-refractivity contribution >= 4 is 28.2 Å². The zero-order valence-corrected chi connectivity index (χ0v) is 14.1. The molecule has 1 aromatic heterocycles. The minimum atomic E-state index is -0.503. The number of nitrogens with zero attached hydrogens (tertiary/aromatic N) is 1. The Bertz CT molecular complexity index is 846. The average Bonchev–Trinajstić information content (AvgIpc) is 2.92. The van der Waals surface area contributed by atoms with Crippen molar-refractivity contribution in [3.63, 3.8) is 0 Å². The number of rotatable bonds is 3. The summed E-state index contributed by atoms with van der Waals surface area (Å²) >= 11 is 1.44. The first kappa shape index (κ1) is 16.2. The normalized spacial score (nSPS) is 16.1. The van der Waals surface area contributed by atoms with Crippen LogP contribution in [0.15, 0.2) is 24.3 Å². The number of anilines is 1. The molecule has 2 aromatic rings. The highest BCUT2D eigenvalue weighted by molar-refractivity contribution is 7.17. The average molecular weight is 339 g/mol. The third kappa shape index (κ3) is 3.03. The van der Waals surface area contributed by atoms with E-state index in [0.29, 0.717) is 27.6 Å². The molecule has 1 atom stereocenters. The summed E-state index contributed by atoms with van der Waals surface area (Å²) in [7, 11) is 0. The van der Waals surface area contributed by atoms with E-state index < -0.39 is 5.91 Å². The fourth-order valence-electron chi connectivity index (χ4n) is 2.98. The minimum Gasteiger partial charge on any atom is -0.365 e. The topological polar surface area (TPSA) is 96.0 Å². The van der Waals surface area contributed by atoms with Gasteiger partial charge in [-0.1, -0.05) is 6.92 Å². The molecule has 5 nitrogen and oxygen atoms in total. The summed E-state index contributed by atoms with van der Waals surface area (Å²) in [5, 5.41) is 12.2. The second kappa shape index (κ2) is 6.46. The lowest BCUT2D eigenvalue weighted by atomic mass is 9.87. The molecule has 0 aliphatic heterocycles. The van der Waals surface area contributed by atoms with E-state index in [4.69, 9.17) is 11.0 Å². The first-order chi connectivity index (χ1) is 11.5. The molecule has 0 saturated carbocycles. The van der Waals surface area contributed by atoms with Crippen molar-refractivity contribution in [2.45, 2.75) is 26.2 Å². The molecule has 24 heavy (non-hydrogen) atoms. The maximum Gasteiger partial charge on any atom is 0.256 e. The Labute approximate surface area is 144 Å². The number of carbonyl (C=O) groups is 2. The van der Waals surface area contributed by atoms with E-state index in [1.807, 2.05) is 6.07 Å². The van der Waals surface area contributed by atoms with Gasteiger partial charge in [-0.15, -0.1) is 11.3 Å². The van der Waals surface area contributed by atoms with Crippen molar-refractivity contribution in [2.24, 2.45) is 11.7 Å². The molecule has 1 aromatic carbocycles. The van der Waals surface area contributed by atoms with Crippen LogP contribution in [0.3, 0.4) is 0 Å². The molecule has 1 heterocycles. The number of aryl methyl sites for hydroxylation is 1. The highest BCUT2D eigenvalue weighted by Gasteiger charge is 2.27. The molecule has 0 radical (unpaired) electrons. The molecule has 1 unspecified atom stereocenters. The monoisotopic (exact) mass is 339 g/mol. The number of hydrogen-bond donors (Lipinski definition) is 2. The van der Waals surface area contributed by atoms with Crippen molar-refractivity contribution in [3.8, 4) is 6.07 Å². The number of benzene rings is 1. The highest BCUT2D eigenvalue weighted by atomic mass is 32.1. The molecule has 3 rings (SSSR count). The van der Waals surface area contributed by atoms with Crippen LogP contribution in [0.5, 0.6) is 0 Å². The standard InChI is InChI=1S/C18H17N3O2S/c1-10-2-7-14-13(8-10)15(16(20)22)18(24-14)21-17(23)12-5-3-11(9-19)4-6-12/h3-6,10H,2,7-8H2,1H3,(H2,20,22)(H,21,23). The first-order valence-electron chi connectivity index (χ1n) is 7.75. The number of fused-ring (bicyclic) bond motifs is 1. The van der Waals surface area contributed by atoms with E-state index in [0.717, 1.165) is 29.7 Å². The maximum absolute atomic E-state index is 12.4. The Morgan fingerprint density at radius 1 is 1.33 bits per heavy atom. The van der Waals surface area contributed by atoms with Crippen molar-refractivity contribution in [1.82, 2.24) is 0 Å². The van der Waals surface area contributed by atoms with Crippen molar-refractivity contribution < 1.29 is 9.59 Å². The predicted octanol–water partition coefficient (Wildman–Crippen LogP) is 3.10. The zero-order valence-electron chi connectivity index (χ0n) is 13.3. The van der Waals surface area contributed by atoms with Gasteiger partial charge in [0.15, 0.2) is 0 Å². The first-order valence-corrected chi connectivity index (χ1v) is 8.57. The molecule has 6 heteroatoms. The van der Waals surface area contributed by atoms with Crippen LogP contribution in [0.1, 0.15) is 50.1 Å². The quantitative estimate of drug-likeness (QED) is 0.899. The molecule has 0 saturated heterocycles. The van der Waals surface area contributed by atoms with Crippen molar-refractivity contribution in [2.75, 3.05) is 5.32 Å². The van der Waals surface area contributed by atoms with Crippen LogP contribution in [0, 0.1) is 17.2 Å². The van der Waals surface area contributed by atoms with Gasteiger partial charge in [0.05, 0.1) is 17.2 Å². The van der Waals surface area contributed by atoms with Gasteiger partial charge in [-0.05, 0) is 55.0 Å². The van der Waals surface area contributed by atoms with Crippen LogP contribution in [-0.2, 0) is 12.8 Å². The molecule has 0 spiro atoms. The maximum atomic E-state index is 12.4. The molecule has 2 amide bonds. The Morgan fingerprint density at radius 2 is 2.04 bits per heavy atom. The number of amides is 2. The van der Waals surface area contributed by atoms with E-state index in [1.165, 1.54) is 11.3 Å². The van der Waals surface area contributed by atoms with E-state index in [1.54, 1.807) is 24.3 Å². The molecule has 0 fully saturated rings. The fourth-order valence-corrected chi connectivity index (χ4v) is 4.22. The molecular formula is C18H17N3O2S. The highest BCUT2D eigenvalue weighted by Crippen LogP contribution is 2.39. The van der Waals surface area contributed by atoms with Gasteiger partial charge in [0, 0.05) is 10.4 Å². The largest absolute Gasteiger partial charge is 0.365 e. The van der Waals surface area contributed by atoms with E-state index >= 15 is 0 Å². The Balaban J connectivity index is 1.90. The number of primary amides is 1. The lowest BCUT2D eigenvalue weighted by Crippen LogP contribution is -2.19. The molecule has 122 valence electrons. The summed E-state index contributed by atoms with van der Waals surface area (Å²) in [6.07, 6.45) is 2.81.